The summed E-state index contributed by atoms with van der Waals surface area (Å²) in [6.45, 7) is 3.54. The number of nitrogens with two attached hydrogens (primary N) is 1. The summed E-state index contributed by atoms with van der Waals surface area (Å²) in [5.41, 5.74) is 4.98. The number of thiophene rings is 1. The van der Waals surface area contributed by atoms with Gasteiger partial charge >= 0.3 is 11.1 Å². The van der Waals surface area contributed by atoms with Crippen molar-refractivity contribution in [1.82, 2.24) is 10.1 Å². The van der Waals surface area contributed by atoms with E-state index in [4.69, 9.17) is 15.3 Å². The number of hydrogen-bond donors (Lipinski definition) is 1. The minimum Gasteiger partial charge on any atom is -0.442 e. The van der Waals surface area contributed by atoms with Gasteiger partial charge < -0.3 is 15.4 Å². The molecule has 1 atom stereocenters. The summed E-state index contributed by atoms with van der Waals surface area (Å²) in [5.74, 6) is -2.41. The fourth-order valence-corrected chi connectivity index (χ4v) is 4.77. The van der Waals surface area contributed by atoms with E-state index < -0.39 is 34.7 Å². The van der Waals surface area contributed by atoms with Crippen molar-refractivity contribution in [2.45, 2.75) is 6.10 Å². The highest BCUT2D eigenvalue weighted by molar-refractivity contribution is 7.17. The molecule has 2 aliphatic heterocycles. The monoisotopic (exact) mass is 551 g/mol. The molecule has 0 saturated carbocycles. The lowest BCUT2D eigenvalue weighted by atomic mass is 10.2. The van der Waals surface area contributed by atoms with E-state index in [2.05, 4.69) is 11.8 Å². The molecule has 0 spiro atoms. The first-order chi connectivity index (χ1) is 18.2. The Balaban J connectivity index is 1.44. The molecule has 0 bridgehead atoms. The Labute approximate surface area is 219 Å². The number of cyclic esters (lactones) is 1. The number of benzene rings is 1. The Kier molecular flexibility index (Phi) is 8.02. The molecule has 13 nitrogen and oxygen atoms in total. The number of ether oxygens (including phenoxy) is 1. The van der Waals surface area contributed by atoms with E-state index in [0.717, 1.165) is 22.1 Å². The number of hydroxylamine groups is 2. The number of hydrazone groups is 1. The van der Waals surface area contributed by atoms with Crippen molar-refractivity contribution in [3.05, 3.63) is 63.3 Å². The Bertz CT molecular complexity index is 1250. The van der Waals surface area contributed by atoms with Crippen molar-refractivity contribution in [2.24, 2.45) is 10.8 Å². The van der Waals surface area contributed by atoms with Gasteiger partial charge in [-0.2, -0.15) is 5.10 Å². The Morgan fingerprint density at radius 1 is 1.32 bits per heavy atom. The molecule has 16 heteroatoms. The van der Waals surface area contributed by atoms with Gasteiger partial charge in [0.1, 0.15) is 16.7 Å². The predicted molar refractivity (Wildman–Crippen MR) is 134 cm³/mol. The number of nitrogens with zero attached hydrogens (tertiary/aromatic N) is 6. The van der Waals surface area contributed by atoms with Crippen LogP contribution < -0.4 is 15.5 Å². The molecule has 2 fully saturated rings. The maximum atomic E-state index is 15.2. The lowest BCUT2D eigenvalue weighted by Gasteiger charge is -2.24. The van der Waals surface area contributed by atoms with Gasteiger partial charge in [0.25, 0.3) is 5.91 Å². The van der Waals surface area contributed by atoms with Gasteiger partial charge in [0.05, 0.1) is 36.9 Å². The van der Waals surface area contributed by atoms with E-state index in [1.165, 1.54) is 34.4 Å². The molecule has 1 aromatic carbocycles. The van der Waals surface area contributed by atoms with E-state index in [1.807, 2.05) is 0 Å². The van der Waals surface area contributed by atoms with E-state index >= 15 is 8.78 Å². The van der Waals surface area contributed by atoms with Gasteiger partial charge in [-0.25, -0.2) is 18.6 Å². The van der Waals surface area contributed by atoms with E-state index in [0.29, 0.717) is 11.3 Å². The minimum absolute atomic E-state index is 0.0223. The first-order valence-corrected chi connectivity index (χ1v) is 12.1. The highest BCUT2D eigenvalue weighted by Crippen LogP contribution is 2.32. The van der Waals surface area contributed by atoms with Crippen LogP contribution in [0.2, 0.25) is 0 Å². The second-order valence-electron chi connectivity index (χ2n) is 8.10. The lowest BCUT2D eigenvalue weighted by Crippen LogP contribution is -2.34. The van der Waals surface area contributed by atoms with E-state index in [1.54, 1.807) is 0 Å². The molecule has 1 aromatic heterocycles. The molecule has 2 aromatic rings. The third kappa shape index (κ3) is 5.65. The van der Waals surface area contributed by atoms with Crippen LogP contribution >= 0.6 is 11.3 Å². The van der Waals surface area contributed by atoms with Crippen LogP contribution in [0.3, 0.4) is 0 Å². The molecule has 2 amide bonds. The number of carbonyl (C=O) groups excluding carboxylic acids is 2. The van der Waals surface area contributed by atoms with Crippen LogP contribution in [0.1, 0.15) is 9.67 Å². The Hall–Kier alpha value is -4.31. The zero-order chi connectivity index (χ0) is 27.4. The fraction of sp³-hybridized carbons (Fsp3) is 0.318. The number of halogens is 2. The standard InChI is InChI=1S/C22H23F2N7O6S/c1-26-28(5-4-25)12-15-13-29(22(33)37-15)14-10-16(23)20(17(24)11-14)27-6-7-30(36-9-8-27)21(32)18-2-3-19(38-18)31(34)35/h2-5,10-11,15H,1,6-9,12-13,25H2/b5-4-/t15-/m0/s1. The number of hydrogen-bond acceptors (Lipinski definition) is 11. The number of carbonyl (C=O) groups is 2. The van der Waals surface area contributed by atoms with Crippen LogP contribution in [0.5, 0.6) is 0 Å². The zero-order valence-electron chi connectivity index (χ0n) is 19.9. The minimum atomic E-state index is -0.912. The molecule has 38 heavy (non-hydrogen) atoms. The normalized spacial score (nSPS) is 18.0. The summed E-state index contributed by atoms with van der Waals surface area (Å²) in [6, 6.07) is 4.61. The van der Waals surface area contributed by atoms with Gasteiger partial charge in [-0.05, 0) is 6.07 Å². The fourth-order valence-electron chi connectivity index (χ4n) is 4.01. The largest absolute Gasteiger partial charge is 0.442 e. The second kappa shape index (κ2) is 11.4. The molecule has 0 radical (unpaired) electrons. The number of anilines is 2. The molecule has 202 valence electrons. The van der Waals surface area contributed by atoms with Crippen LogP contribution in [0.15, 0.2) is 41.8 Å². The predicted octanol–water partition coefficient (Wildman–Crippen LogP) is 2.50. The summed E-state index contributed by atoms with van der Waals surface area (Å²) in [6.07, 6.45) is 1.25. The van der Waals surface area contributed by atoms with Crippen molar-refractivity contribution >= 4 is 46.4 Å². The average molecular weight is 552 g/mol. The smallest absolute Gasteiger partial charge is 0.414 e. The summed E-state index contributed by atoms with van der Waals surface area (Å²) in [4.78, 5) is 43.4. The SMILES string of the molecule is C=NN(/C=C\N)C[C@H]1CN(c2cc(F)c(N3CCON(C(=O)c4ccc([N+](=O)[O-])s4)CC3)c(F)c2)C(=O)O1. The molecule has 2 aliphatic rings. The molecule has 2 saturated heterocycles. The van der Waals surface area contributed by atoms with Crippen LogP contribution in [0, 0.1) is 21.7 Å². The van der Waals surface area contributed by atoms with Crippen molar-refractivity contribution < 1.29 is 32.9 Å². The molecule has 0 aliphatic carbocycles. The van der Waals surface area contributed by atoms with Gasteiger partial charge in [0, 0.05) is 50.4 Å². The molecule has 3 heterocycles. The molecule has 2 N–H and O–H groups in total. The van der Waals surface area contributed by atoms with Gasteiger partial charge in [0.2, 0.25) is 0 Å². The summed E-state index contributed by atoms with van der Waals surface area (Å²) >= 11 is 0.706. The quantitative estimate of drug-likeness (QED) is 0.297. The van der Waals surface area contributed by atoms with Gasteiger partial charge in [-0.15, -0.1) is 0 Å². The molecular formula is C22H23F2N7O6S. The van der Waals surface area contributed by atoms with Crippen LogP contribution in [0.25, 0.3) is 0 Å². The van der Waals surface area contributed by atoms with Crippen molar-refractivity contribution in [1.29, 1.82) is 0 Å². The third-order valence-electron chi connectivity index (χ3n) is 5.72. The highest BCUT2D eigenvalue weighted by Gasteiger charge is 2.35. The number of rotatable bonds is 8. The van der Waals surface area contributed by atoms with Crippen LogP contribution in [-0.2, 0) is 9.57 Å². The molecule has 4 rings (SSSR count). The van der Waals surface area contributed by atoms with Crippen molar-refractivity contribution in [3.8, 4) is 0 Å². The number of amides is 2. The van der Waals surface area contributed by atoms with Gasteiger partial charge in [-0.1, -0.05) is 11.3 Å². The highest BCUT2D eigenvalue weighted by atomic mass is 32.1. The second-order valence-corrected chi connectivity index (χ2v) is 9.16. The average Bonchev–Trinajstić information content (AvgIpc) is 3.44. The molecular weight excluding hydrogens is 528 g/mol. The Morgan fingerprint density at radius 3 is 2.68 bits per heavy atom. The van der Waals surface area contributed by atoms with Crippen LogP contribution in [-0.4, -0.2) is 79.1 Å². The maximum Gasteiger partial charge on any atom is 0.414 e. The van der Waals surface area contributed by atoms with E-state index in [-0.39, 0.29) is 60.6 Å². The summed E-state index contributed by atoms with van der Waals surface area (Å²) < 4.78 is 35.6. The first-order valence-electron chi connectivity index (χ1n) is 11.2. The number of nitro groups is 1. The Morgan fingerprint density at radius 2 is 2.05 bits per heavy atom. The third-order valence-corrected chi connectivity index (χ3v) is 6.75. The zero-order valence-corrected chi connectivity index (χ0v) is 20.7. The summed E-state index contributed by atoms with van der Waals surface area (Å²) in [5, 5.41) is 16.8. The topological polar surface area (TPSA) is 147 Å². The maximum absolute atomic E-state index is 15.2. The first kappa shape index (κ1) is 26.7. The van der Waals surface area contributed by atoms with Crippen molar-refractivity contribution in [2.75, 3.05) is 49.1 Å². The van der Waals surface area contributed by atoms with E-state index in [9.17, 15) is 19.7 Å². The van der Waals surface area contributed by atoms with Crippen molar-refractivity contribution in [3.63, 3.8) is 0 Å². The van der Waals surface area contributed by atoms with Crippen LogP contribution in [0.4, 0.5) is 30.0 Å². The lowest BCUT2D eigenvalue weighted by molar-refractivity contribution is -0.380. The molecule has 0 unspecified atom stereocenters. The summed E-state index contributed by atoms with van der Waals surface area (Å²) in [7, 11) is 0. The van der Waals surface area contributed by atoms with Gasteiger partial charge in [0.15, 0.2) is 11.6 Å². The van der Waals surface area contributed by atoms with Gasteiger partial charge in [-0.3, -0.25) is 29.7 Å².